The molecule has 0 atom stereocenters. The van der Waals surface area contributed by atoms with Crippen molar-refractivity contribution in [2.24, 2.45) is 5.92 Å². The van der Waals surface area contributed by atoms with Gasteiger partial charge in [-0.05, 0) is 47.9 Å². The first-order valence-corrected chi connectivity index (χ1v) is 6.96. The number of benzene rings is 1. The number of anilines is 1. The van der Waals surface area contributed by atoms with Crippen molar-refractivity contribution in [1.29, 1.82) is 0 Å². The molecule has 0 saturated carbocycles. The van der Waals surface area contributed by atoms with Crippen LogP contribution in [0.5, 0.6) is 0 Å². The monoisotopic (exact) mass is 287 g/mol. The van der Waals surface area contributed by atoms with Crippen molar-refractivity contribution in [3.8, 4) is 5.69 Å². The first kappa shape index (κ1) is 13.7. The third kappa shape index (κ3) is 3.08. The Hall–Kier alpha value is -2.28. The lowest BCUT2D eigenvalue weighted by molar-refractivity contribution is -0.122. The number of carbonyl (C=O) groups is 1. The van der Waals surface area contributed by atoms with E-state index >= 15 is 0 Å². The fraction of sp³-hybridized carbons (Fsp3) is 0.429. The number of ether oxygens (including phenoxy) is 1. The van der Waals surface area contributed by atoms with E-state index in [2.05, 4.69) is 20.8 Å². The Bertz CT molecular complexity index is 620. The summed E-state index contributed by atoms with van der Waals surface area (Å²) in [5, 5.41) is 14.1. The molecular weight excluding hydrogens is 270 g/mol. The van der Waals surface area contributed by atoms with Crippen LogP contribution in [0.15, 0.2) is 24.5 Å². The normalized spacial score (nSPS) is 15.9. The fourth-order valence-corrected chi connectivity index (χ4v) is 2.41. The lowest BCUT2D eigenvalue weighted by Gasteiger charge is -2.21. The Morgan fingerprint density at radius 2 is 2.19 bits per heavy atom. The van der Waals surface area contributed by atoms with E-state index in [9.17, 15) is 4.79 Å². The van der Waals surface area contributed by atoms with Crippen molar-refractivity contribution in [1.82, 2.24) is 20.2 Å². The summed E-state index contributed by atoms with van der Waals surface area (Å²) in [4.78, 5) is 12.2. The summed E-state index contributed by atoms with van der Waals surface area (Å²) in [5.74, 6) is 0.0707. The van der Waals surface area contributed by atoms with Crippen molar-refractivity contribution in [2.75, 3.05) is 18.5 Å². The zero-order valence-electron chi connectivity index (χ0n) is 11.8. The summed E-state index contributed by atoms with van der Waals surface area (Å²) >= 11 is 0. The van der Waals surface area contributed by atoms with Gasteiger partial charge in [0.2, 0.25) is 5.91 Å². The maximum absolute atomic E-state index is 12.2. The van der Waals surface area contributed by atoms with E-state index in [1.54, 1.807) is 4.68 Å². The fourth-order valence-electron chi connectivity index (χ4n) is 2.41. The van der Waals surface area contributed by atoms with Crippen LogP contribution in [-0.4, -0.2) is 39.3 Å². The molecule has 1 aromatic carbocycles. The molecule has 3 rings (SSSR count). The molecule has 0 aliphatic carbocycles. The van der Waals surface area contributed by atoms with E-state index in [1.165, 1.54) is 6.33 Å². The van der Waals surface area contributed by atoms with Crippen LogP contribution in [-0.2, 0) is 9.53 Å². The molecule has 7 heteroatoms. The van der Waals surface area contributed by atoms with Gasteiger partial charge in [-0.1, -0.05) is 6.07 Å². The topological polar surface area (TPSA) is 81.9 Å². The van der Waals surface area contributed by atoms with Crippen LogP contribution in [0.4, 0.5) is 5.69 Å². The van der Waals surface area contributed by atoms with E-state index in [4.69, 9.17) is 4.74 Å². The third-order valence-electron chi connectivity index (χ3n) is 3.66. The summed E-state index contributed by atoms with van der Waals surface area (Å²) in [6.45, 7) is 3.28. The quantitative estimate of drug-likeness (QED) is 0.921. The largest absolute Gasteiger partial charge is 0.381 e. The molecule has 1 aromatic heterocycles. The second kappa shape index (κ2) is 6.01. The molecule has 110 valence electrons. The summed E-state index contributed by atoms with van der Waals surface area (Å²) in [7, 11) is 0. The second-order valence-electron chi connectivity index (χ2n) is 5.13. The lowest BCUT2D eigenvalue weighted by atomic mass is 9.99. The Morgan fingerprint density at radius 1 is 1.38 bits per heavy atom. The van der Waals surface area contributed by atoms with Crippen LogP contribution >= 0.6 is 0 Å². The number of aryl methyl sites for hydroxylation is 1. The van der Waals surface area contributed by atoms with Crippen molar-refractivity contribution in [3.05, 3.63) is 30.1 Å². The molecule has 0 radical (unpaired) electrons. The molecule has 1 saturated heterocycles. The highest BCUT2D eigenvalue weighted by Gasteiger charge is 2.21. The summed E-state index contributed by atoms with van der Waals surface area (Å²) in [6, 6.07) is 5.71. The van der Waals surface area contributed by atoms with Gasteiger partial charge < -0.3 is 10.1 Å². The van der Waals surface area contributed by atoms with Gasteiger partial charge in [-0.2, -0.15) is 0 Å². The maximum Gasteiger partial charge on any atom is 0.227 e. The number of hydrogen-bond donors (Lipinski definition) is 1. The van der Waals surface area contributed by atoms with Gasteiger partial charge in [-0.25, -0.2) is 4.68 Å². The number of nitrogens with one attached hydrogen (secondary N) is 1. The van der Waals surface area contributed by atoms with Crippen LogP contribution in [0, 0.1) is 12.8 Å². The first-order valence-electron chi connectivity index (χ1n) is 6.96. The Labute approximate surface area is 122 Å². The van der Waals surface area contributed by atoms with Crippen LogP contribution in [0.2, 0.25) is 0 Å². The molecule has 1 aliphatic heterocycles. The van der Waals surface area contributed by atoms with Gasteiger partial charge in [0.1, 0.15) is 6.33 Å². The average molecular weight is 287 g/mol. The highest BCUT2D eigenvalue weighted by Crippen LogP contribution is 2.21. The van der Waals surface area contributed by atoms with Gasteiger partial charge in [0.15, 0.2) is 0 Å². The van der Waals surface area contributed by atoms with Gasteiger partial charge in [0.05, 0.1) is 5.69 Å². The zero-order valence-corrected chi connectivity index (χ0v) is 11.8. The third-order valence-corrected chi connectivity index (χ3v) is 3.66. The standard InChI is InChI=1S/C14H17N5O2/c1-10-2-3-12(8-13(10)19-9-15-17-18-19)16-14(20)11-4-6-21-7-5-11/h2-3,8-9,11H,4-7H2,1H3,(H,16,20). The van der Waals surface area contributed by atoms with Gasteiger partial charge >= 0.3 is 0 Å². The summed E-state index contributed by atoms with van der Waals surface area (Å²) in [5.41, 5.74) is 2.64. The molecule has 0 unspecified atom stereocenters. The van der Waals surface area contributed by atoms with E-state index in [-0.39, 0.29) is 11.8 Å². The van der Waals surface area contributed by atoms with Gasteiger partial charge in [0.25, 0.3) is 0 Å². The Balaban J connectivity index is 1.77. The number of rotatable bonds is 3. The van der Waals surface area contributed by atoms with Gasteiger partial charge in [0, 0.05) is 24.8 Å². The van der Waals surface area contributed by atoms with Crippen LogP contribution in [0.1, 0.15) is 18.4 Å². The molecule has 2 aromatic rings. The van der Waals surface area contributed by atoms with Crippen molar-refractivity contribution in [3.63, 3.8) is 0 Å². The first-order chi connectivity index (χ1) is 10.2. The number of nitrogens with zero attached hydrogens (tertiary/aromatic N) is 4. The number of amides is 1. The molecule has 0 bridgehead atoms. The predicted octanol–water partition coefficient (Wildman–Crippen LogP) is 1.34. The molecule has 0 spiro atoms. The molecule has 1 fully saturated rings. The zero-order chi connectivity index (χ0) is 14.7. The molecule has 2 heterocycles. The van der Waals surface area contributed by atoms with Gasteiger partial charge in [-0.3, -0.25) is 4.79 Å². The van der Waals surface area contributed by atoms with E-state index in [0.717, 1.165) is 29.8 Å². The minimum absolute atomic E-state index is 0.0246. The molecule has 7 nitrogen and oxygen atoms in total. The highest BCUT2D eigenvalue weighted by atomic mass is 16.5. The van der Waals surface area contributed by atoms with Crippen molar-refractivity contribution >= 4 is 11.6 Å². The van der Waals surface area contributed by atoms with Crippen molar-refractivity contribution < 1.29 is 9.53 Å². The number of hydrogen-bond acceptors (Lipinski definition) is 5. The summed E-state index contributed by atoms with van der Waals surface area (Å²) in [6.07, 6.45) is 3.08. The summed E-state index contributed by atoms with van der Waals surface area (Å²) < 4.78 is 6.86. The number of tetrazole rings is 1. The SMILES string of the molecule is Cc1ccc(NC(=O)C2CCOCC2)cc1-n1cnnn1. The predicted molar refractivity (Wildman–Crippen MR) is 76.1 cm³/mol. The van der Waals surface area contributed by atoms with Crippen LogP contribution < -0.4 is 5.32 Å². The molecule has 1 aliphatic rings. The van der Waals surface area contributed by atoms with Gasteiger partial charge in [-0.15, -0.1) is 5.10 Å². The van der Waals surface area contributed by atoms with E-state index < -0.39 is 0 Å². The van der Waals surface area contributed by atoms with Crippen molar-refractivity contribution in [2.45, 2.75) is 19.8 Å². The lowest BCUT2D eigenvalue weighted by Crippen LogP contribution is -2.28. The number of aromatic nitrogens is 4. The van der Waals surface area contributed by atoms with E-state index in [1.807, 2.05) is 25.1 Å². The minimum Gasteiger partial charge on any atom is -0.381 e. The molecule has 1 amide bonds. The maximum atomic E-state index is 12.2. The molecular formula is C14H17N5O2. The van der Waals surface area contributed by atoms with E-state index in [0.29, 0.717) is 13.2 Å². The Kier molecular flexibility index (Phi) is 3.92. The minimum atomic E-state index is 0.0246. The number of carbonyl (C=O) groups excluding carboxylic acids is 1. The van der Waals surface area contributed by atoms with Crippen LogP contribution in [0.25, 0.3) is 5.69 Å². The average Bonchev–Trinajstić information content (AvgIpc) is 3.04. The highest BCUT2D eigenvalue weighted by molar-refractivity contribution is 5.92. The molecule has 1 N–H and O–H groups in total. The Morgan fingerprint density at radius 3 is 2.90 bits per heavy atom. The molecule has 21 heavy (non-hydrogen) atoms. The smallest absolute Gasteiger partial charge is 0.227 e. The second-order valence-corrected chi connectivity index (χ2v) is 5.13. The van der Waals surface area contributed by atoms with Crippen LogP contribution in [0.3, 0.4) is 0 Å².